The number of aromatic nitrogens is 4. The molecule has 1 aliphatic heterocycles. The molecule has 0 aliphatic carbocycles. The maximum atomic E-state index is 5.61. The summed E-state index contributed by atoms with van der Waals surface area (Å²) in [6.07, 6.45) is 6.11. The summed E-state index contributed by atoms with van der Waals surface area (Å²) in [7, 11) is 3.31. The second kappa shape index (κ2) is 8.96. The molecule has 4 aromatic rings. The molecule has 1 atom stereocenters. The van der Waals surface area contributed by atoms with E-state index in [4.69, 9.17) is 19.6 Å². The SMILES string of the molecule is COc1cccc(-c2ccc3nc(C4CCCN(Cc5ccccn5)C4)nn3c2)c1OC. The first-order valence-electron chi connectivity index (χ1n) is 10.9. The number of methoxy groups -OCH3 is 2. The zero-order valence-corrected chi connectivity index (χ0v) is 18.4. The standard InChI is InChI=1S/C25H27N5O2/c1-31-22-10-5-9-21(24(22)32-2)18-11-12-23-27-25(28-30(23)16-18)19-7-6-14-29(15-19)17-20-8-3-4-13-26-20/h3-5,8-13,16,19H,6-7,14-15,17H2,1-2H3. The minimum Gasteiger partial charge on any atom is -0.493 e. The van der Waals surface area contributed by atoms with Crippen LogP contribution in [-0.2, 0) is 6.54 Å². The van der Waals surface area contributed by atoms with Crippen molar-refractivity contribution in [3.63, 3.8) is 0 Å². The number of nitrogens with zero attached hydrogens (tertiary/aromatic N) is 5. The van der Waals surface area contributed by atoms with Gasteiger partial charge in [0.05, 0.1) is 19.9 Å². The molecule has 32 heavy (non-hydrogen) atoms. The van der Waals surface area contributed by atoms with Gasteiger partial charge in [-0.1, -0.05) is 18.2 Å². The van der Waals surface area contributed by atoms with Crippen LogP contribution in [0.4, 0.5) is 0 Å². The number of fused-ring (bicyclic) bond motifs is 1. The van der Waals surface area contributed by atoms with Crippen molar-refractivity contribution in [2.75, 3.05) is 27.3 Å². The number of rotatable bonds is 6. The number of benzene rings is 1. The molecule has 3 aromatic heterocycles. The lowest BCUT2D eigenvalue weighted by Gasteiger charge is -2.31. The fourth-order valence-corrected chi connectivity index (χ4v) is 4.48. The summed E-state index contributed by atoms with van der Waals surface area (Å²) in [6.45, 7) is 2.90. The van der Waals surface area contributed by atoms with Crippen LogP contribution in [0, 0.1) is 0 Å². The highest BCUT2D eigenvalue weighted by Gasteiger charge is 2.25. The highest BCUT2D eigenvalue weighted by atomic mass is 16.5. The van der Waals surface area contributed by atoms with Crippen molar-refractivity contribution < 1.29 is 9.47 Å². The van der Waals surface area contributed by atoms with Gasteiger partial charge in [-0.05, 0) is 49.7 Å². The largest absolute Gasteiger partial charge is 0.493 e. The number of ether oxygens (including phenoxy) is 2. The van der Waals surface area contributed by atoms with Crippen LogP contribution in [0.3, 0.4) is 0 Å². The Kier molecular flexibility index (Phi) is 5.73. The average molecular weight is 430 g/mol. The minimum atomic E-state index is 0.321. The summed E-state index contributed by atoms with van der Waals surface area (Å²) in [5.74, 6) is 2.65. The van der Waals surface area contributed by atoms with Crippen molar-refractivity contribution in [3.05, 3.63) is 72.4 Å². The quantitative estimate of drug-likeness (QED) is 0.458. The van der Waals surface area contributed by atoms with Crippen LogP contribution in [0.5, 0.6) is 11.5 Å². The average Bonchev–Trinajstić information content (AvgIpc) is 3.28. The van der Waals surface area contributed by atoms with Crippen LogP contribution < -0.4 is 9.47 Å². The zero-order chi connectivity index (χ0) is 21.9. The van der Waals surface area contributed by atoms with Crippen molar-refractivity contribution in [2.24, 2.45) is 0 Å². The fourth-order valence-electron chi connectivity index (χ4n) is 4.48. The van der Waals surface area contributed by atoms with E-state index >= 15 is 0 Å². The predicted molar refractivity (Wildman–Crippen MR) is 123 cm³/mol. The Hall–Kier alpha value is -3.45. The lowest BCUT2D eigenvalue weighted by molar-refractivity contribution is 0.194. The molecule has 1 aromatic carbocycles. The highest BCUT2D eigenvalue weighted by Crippen LogP contribution is 2.37. The molecule has 0 saturated carbocycles. The Balaban J connectivity index is 1.40. The van der Waals surface area contributed by atoms with Crippen LogP contribution >= 0.6 is 0 Å². The van der Waals surface area contributed by atoms with Crippen LogP contribution in [0.15, 0.2) is 60.9 Å². The van der Waals surface area contributed by atoms with Crippen LogP contribution in [0.25, 0.3) is 16.8 Å². The summed E-state index contributed by atoms with van der Waals surface area (Å²) < 4.78 is 12.9. The normalized spacial score (nSPS) is 16.9. The van der Waals surface area contributed by atoms with E-state index in [0.29, 0.717) is 17.4 Å². The molecule has 0 radical (unpaired) electrons. The van der Waals surface area contributed by atoms with Crippen LogP contribution in [0.2, 0.25) is 0 Å². The summed E-state index contributed by atoms with van der Waals surface area (Å²) in [6, 6.07) is 16.0. The molecule has 7 heteroatoms. The van der Waals surface area contributed by atoms with E-state index in [1.807, 2.05) is 53.3 Å². The molecule has 1 fully saturated rings. The predicted octanol–water partition coefficient (Wildman–Crippen LogP) is 4.19. The lowest BCUT2D eigenvalue weighted by Crippen LogP contribution is -2.34. The lowest BCUT2D eigenvalue weighted by atomic mass is 9.97. The molecule has 1 unspecified atom stereocenters. The number of likely N-dealkylation sites (tertiary alicyclic amines) is 1. The molecule has 1 aliphatic rings. The number of pyridine rings is 2. The second-order valence-corrected chi connectivity index (χ2v) is 8.13. The summed E-state index contributed by atoms with van der Waals surface area (Å²) >= 11 is 0. The van der Waals surface area contributed by atoms with Gasteiger partial charge in [0.2, 0.25) is 0 Å². The fraction of sp³-hybridized carbons (Fsp3) is 0.320. The van der Waals surface area contributed by atoms with E-state index in [1.165, 1.54) is 0 Å². The Morgan fingerprint density at radius 1 is 1.03 bits per heavy atom. The highest BCUT2D eigenvalue weighted by molar-refractivity contribution is 5.74. The third-order valence-corrected chi connectivity index (χ3v) is 6.04. The number of hydrogen-bond acceptors (Lipinski definition) is 6. The second-order valence-electron chi connectivity index (χ2n) is 8.13. The first-order chi connectivity index (χ1) is 15.7. The summed E-state index contributed by atoms with van der Waals surface area (Å²) in [5, 5.41) is 4.85. The molecule has 5 rings (SSSR count). The number of hydrogen-bond donors (Lipinski definition) is 0. The van der Waals surface area contributed by atoms with E-state index in [2.05, 4.69) is 22.0 Å². The Labute approximate surface area is 187 Å². The summed E-state index contributed by atoms with van der Waals surface area (Å²) in [4.78, 5) is 11.8. The monoisotopic (exact) mass is 429 g/mol. The van der Waals surface area contributed by atoms with Crippen molar-refractivity contribution >= 4 is 5.65 Å². The molecule has 0 bridgehead atoms. The van der Waals surface area contributed by atoms with Crippen molar-refractivity contribution in [3.8, 4) is 22.6 Å². The van der Waals surface area contributed by atoms with Gasteiger partial charge >= 0.3 is 0 Å². The summed E-state index contributed by atoms with van der Waals surface area (Å²) in [5.41, 5.74) is 3.93. The van der Waals surface area contributed by atoms with Crippen LogP contribution in [0.1, 0.15) is 30.3 Å². The van der Waals surface area contributed by atoms with Crippen molar-refractivity contribution in [1.29, 1.82) is 0 Å². The van der Waals surface area contributed by atoms with Gasteiger partial charge in [-0.3, -0.25) is 9.88 Å². The maximum absolute atomic E-state index is 5.61. The molecule has 7 nitrogen and oxygen atoms in total. The van der Waals surface area contributed by atoms with E-state index < -0.39 is 0 Å². The van der Waals surface area contributed by atoms with Crippen molar-refractivity contribution in [1.82, 2.24) is 24.5 Å². The number of piperidine rings is 1. The third kappa shape index (κ3) is 4.03. The van der Waals surface area contributed by atoms with E-state index in [9.17, 15) is 0 Å². The number of para-hydroxylation sites is 1. The molecule has 0 amide bonds. The van der Waals surface area contributed by atoms with Gasteiger partial charge in [-0.15, -0.1) is 0 Å². The van der Waals surface area contributed by atoms with Crippen molar-refractivity contribution in [2.45, 2.75) is 25.3 Å². The maximum Gasteiger partial charge on any atom is 0.168 e. The van der Waals surface area contributed by atoms with Gasteiger partial charge in [0, 0.05) is 42.5 Å². The van der Waals surface area contributed by atoms with Gasteiger partial charge in [0.25, 0.3) is 0 Å². The van der Waals surface area contributed by atoms with Gasteiger partial charge in [-0.25, -0.2) is 9.50 Å². The molecule has 4 heterocycles. The van der Waals surface area contributed by atoms with Gasteiger partial charge in [-0.2, -0.15) is 5.10 Å². The Bertz CT molecular complexity index is 1210. The smallest absolute Gasteiger partial charge is 0.168 e. The van der Waals surface area contributed by atoms with Gasteiger partial charge < -0.3 is 9.47 Å². The van der Waals surface area contributed by atoms with E-state index in [1.54, 1.807) is 14.2 Å². The van der Waals surface area contributed by atoms with Gasteiger partial charge in [0.15, 0.2) is 23.0 Å². The molecule has 0 spiro atoms. The molecule has 1 saturated heterocycles. The first-order valence-corrected chi connectivity index (χ1v) is 10.9. The Morgan fingerprint density at radius 3 is 2.78 bits per heavy atom. The third-order valence-electron chi connectivity index (χ3n) is 6.04. The first kappa shape index (κ1) is 20.5. The molecule has 0 N–H and O–H groups in total. The minimum absolute atomic E-state index is 0.321. The molecular weight excluding hydrogens is 402 g/mol. The molecule has 164 valence electrons. The van der Waals surface area contributed by atoms with Crippen LogP contribution in [-0.4, -0.2) is 51.8 Å². The molecular formula is C25H27N5O2. The topological polar surface area (TPSA) is 64.8 Å². The zero-order valence-electron chi connectivity index (χ0n) is 18.4. The Morgan fingerprint density at radius 2 is 1.97 bits per heavy atom. The van der Waals surface area contributed by atoms with E-state index in [-0.39, 0.29) is 0 Å². The van der Waals surface area contributed by atoms with E-state index in [0.717, 1.165) is 60.8 Å². The van der Waals surface area contributed by atoms with Gasteiger partial charge in [0.1, 0.15) is 0 Å².